The molecule has 4 nitrogen and oxygen atoms in total. The Bertz CT molecular complexity index is 2370. The van der Waals surface area contributed by atoms with Crippen molar-refractivity contribution in [2.45, 2.75) is 0 Å². The van der Waals surface area contributed by atoms with E-state index in [1.165, 1.54) is 16.3 Å². The number of hydrogen-bond acceptors (Lipinski definition) is 4. The Morgan fingerprint density at radius 2 is 0.729 bits per heavy atom. The second-order valence-corrected chi connectivity index (χ2v) is 15.6. The first-order chi connectivity index (χ1) is 23.4. The molecule has 48 heavy (non-hydrogen) atoms. The molecule has 0 unspecified atom stereocenters. The van der Waals surface area contributed by atoms with Crippen LogP contribution in [0.1, 0.15) is 0 Å². The van der Waals surface area contributed by atoms with Gasteiger partial charge in [0, 0.05) is 22.0 Å². The highest BCUT2D eigenvalue weighted by Crippen LogP contribution is 2.44. The van der Waals surface area contributed by atoms with Gasteiger partial charge >= 0.3 is 0 Å². The summed E-state index contributed by atoms with van der Waals surface area (Å²) in [6.07, 6.45) is 0. The van der Waals surface area contributed by atoms with Gasteiger partial charge in [0.05, 0.1) is 0 Å². The minimum absolute atomic E-state index is 0.628. The van der Waals surface area contributed by atoms with Gasteiger partial charge in [0.15, 0.2) is 17.5 Å². The number of nitrogens with zero attached hydrogens (tertiary/aromatic N) is 3. The summed E-state index contributed by atoms with van der Waals surface area (Å²) < 4.78 is 13.1. The second kappa shape index (κ2) is 12.2. The molecule has 0 fully saturated rings. The third-order valence-corrected chi connectivity index (χ3v) is 10.3. The van der Waals surface area contributed by atoms with Gasteiger partial charge in [-0.2, -0.15) is 0 Å². The van der Waals surface area contributed by atoms with E-state index in [0.717, 1.165) is 49.5 Å². The molecule has 0 aliphatic carbocycles. The fraction of sp³-hybridized carbons (Fsp3) is 0.0465. The van der Waals surface area contributed by atoms with Crippen molar-refractivity contribution in [2.75, 3.05) is 13.3 Å². The van der Waals surface area contributed by atoms with Crippen molar-refractivity contribution in [1.82, 2.24) is 15.0 Å². The van der Waals surface area contributed by atoms with Crippen LogP contribution in [0.15, 0.2) is 158 Å². The van der Waals surface area contributed by atoms with Crippen molar-refractivity contribution in [2.24, 2.45) is 0 Å². The molecule has 0 bridgehead atoms. The lowest BCUT2D eigenvalue weighted by Crippen LogP contribution is -2.02. The standard InChI is InChI=1S/C43H32N3OP/c1-48(2,47)34-19-13-18-33(28-34)40-37-22-11-9-20-35(37)39(36-21-10-12-23-38(36)40)29-24-26-32(27-25-29)43-45-41(30-14-5-3-6-15-30)44-42(46-43)31-16-7-4-8-17-31/h3-28H,1-2H3. The Morgan fingerprint density at radius 1 is 0.375 bits per heavy atom. The molecule has 230 valence electrons. The van der Waals surface area contributed by atoms with Crippen LogP contribution in [0.3, 0.4) is 0 Å². The van der Waals surface area contributed by atoms with Crippen molar-refractivity contribution in [1.29, 1.82) is 0 Å². The van der Waals surface area contributed by atoms with Gasteiger partial charge < -0.3 is 4.57 Å². The van der Waals surface area contributed by atoms with E-state index in [9.17, 15) is 4.57 Å². The van der Waals surface area contributed by atoms with Gasteiger partial charge in [-0.3, -0.25) is 0 Å². The number of rotatable bonds is 6. The fourth-order valence-electron chi connectivity index (χ4n) is 6.47. The predicted octanol–water partition coefficient (Wildman–Crippen LogP) is 10.8. The summed E-state index contributed by atoms with van der Waals surface area (Å²) in [6, 6.07) is 54.0. The van der Waals surface area contributed by atoms with Crippen LogP contribution in [0.4, 0.5) is 0 Å². The summed E-state index contributed by atoms with van der Waals surface area (Å²) in [6.45, 7) is 3.66. The summed E-state index contributed by atoms with van der Waals surface area (Å²) >= 11 is 0. The summed E-state index contributed by atoms with van der Waals surface area (Å²) in [5.41, 5.74) is 7.32. The number of fused-ring (bicyclic) bond motifs is 2. The molecule has 0 amide bonds. The third-order valence-electron chi connectivity index (χ3n) is 8.82. The lowest BCUT2D eigenvalue weighted by atomic mass is 9.86. The third kappa shape index (κ3) is 5.51. The number of benzene rings is 7. The minimum Gasteiger partial charge on any atom is -0.319 e. The molecule has 0 saturated carbocycles. The zero-order valence-corrected chi connectivity index (χ0v) is 27.6. The van der Waals surface area contributed by atoms with Crippen molar-refractivity contribution in [3.05, 3.63) is 158 Å². The highest BCUT2D eigenvalue weighted by molar-refractivity contribution is 7.70. The van der Waals surface area contributed by atoms with Crippen molar-refractivity contribution in [3.63, 3.8) is 0 Å². The Balaban J connectivity index is 1.29. The molecule has 0 aliphatic heterocycles. The molecule has 0 aliphatic rings. The molecule has 5 heteroatoms. The molecule has 0 spiro atoms. The molecular weight excluding hydrogens is 605 g/mol. The number of aromatic nitrogens is 3. The highest BCUT2D eigenvalue weighted by atomic mass is 31.2. The molecule has 1 aromatic heterocycles. The second-order valence-electron chi connectivity index (χ2n) is 12.4. The van der Waals surface area contributed by atoms with E-state index in [4.69, 9.17) is 15.0 Å². The average molecular weight is 638 g/mol. The predicted molar refractivity (Wildman–Crippen MR) is 201 cm³/mol. The van der Waals surface area contributed by atoms with Gasteiger partial charge in [0.1, 0.15) is 7.14 Å². The topological polar surface area (TPSA) is 55.7 Å². The minimum atomic E-state index is -2.43. The van der Waals surface area contributed by atoms with Gasteiger partial charge in [0.25, 0.3) is 0 Å². The fourth-order valence-corrected chi connectivity index (χ4v) is 7.37. The smallest absolute Gasteiger partial charge is 0.164 e. The van der Waals surface area contributed by atoms with Gasteiger partial charge in [-0.25, -0.2) is 15.0 Å². The monoisotopic (exact) mass is 637 g/mol. The highest BCUT2D eigenvalue weighted by Gasteiger charge is 2.19. The zero-order chi connectivity index (χ0) is 32.7. The molecule has 0 N–H and O–H groups in total. The Hall–Kier alpha value is -5.70. The van der Waals surface area contributed by atoms with E-state index in [1.807, 2.05) is 86.1 Å². The van der Waals surface area contributed by atoms with Crippen LogP contribution in [0, 0.1) is 0 Å². The van der Waals surface area contributed by atoms with Gasteiger partial charge in [-0.1, -0.05) is 152 Å². The maximum atomic E-state index is 13.1. The molecule has 8 aromatic rings. The summed E-state index contributed by atoms with van der Waals surface area (Å²) in [7, 11) is -2.43. The van der Waals surface area contributed by atoms with Crippen LogP contribution in [0.5, 0.6) is 0 Å². The lowest BCUT2D eigenvalue weighted by molar-refractivity contribution is 0.588. The van der Waals surface area contributed by atoms with E-state index < -0.39 is 7.14 Å². The van der Waals surface area contributed by atoms with Gasteiger partial charge in [-0.05, 0) is 63.2 Å². The van der Waals surface area contributed by atoms with Crippen molar-refractivity contribution < 1.29 is 4.57 Å². The molecule has 8 rings (SSSR count). The van der Waals surface area contributed by atoms with E-state index in [1.54, 1.807) is 0 Å². The summed E-state index contributed by atoms with van der Waals surface area (Å²) in [4.78, 5) is 14.7. The van der Waals surface area contributed by atoms with Crippen LogP contribution < -0.4 is 5.30 Å². The molecular formula is C43H32N3OP. The molecule has 0 saturated heterocycles. The normalized spacial score (nSPS) is 11.6. The Kier molecular flexibility index (Phi) is 7.51. The maximum Gasteiger partial charge on any atom is 0.164 e. The van der Waals surface area contributed by atoms with Crippen LogP contribution in [0.25, 0.3) is 78.0 Å². The molecule has 1 heterocycles. The zero-order valence-electron chi connectivity index (χ0n) is 26.7. The first kappa shape index (κ1) is 29.7. The van der Waals surface area contributed by atoms with Crippen LogP contribution >= 0.6 is 7.14 Å². The average Bonchev–Trinajstić information content (AvgIpc) is 3.14. The van der Waals surface area contributed by atoms with Crippen LogP contribution in [0.2, 0.25) is 0 Å². The SMILES string of the molecule is CP(C)(=O)c1cccc(-c2c3ccccc3c(-c3ccc(-c4nc(-c5ccccc5)nc(-c5ccccc5)n4)cc3)c3ccccc23)c1. The largest absolute Gasteiger partial charge is 0.319 e. The molecule has 7 aromatic carbocycles. The van der Waals surface area contributed by atoms with E-state index in [-0.39, 0.29) is 0 Å². The van der Waals surface area contributed by atoms with E-state index in [2.05, 4.69) is 84.9 Å². The summed E-state index contributed by atoms with van der Waals surface area (Å²) in [5.74, 6) is 1.91. The quantitative estimate of drug-likeness (QED) is 0.134. The van der Waals surface area contributed by atoms with Gasteiger partial charge in [0.2, 0.25) is 0 Å². The van der Waals surface area contributed by atoms with E-state index >= 15 is 0 Å². The van der Waals surface area contributed by atoms with Crippen molar-refractivity contribution >= 4 is 34.0 Å². The van der Waals surface area contributed by atoms with Gasteiger partial charge in [-0.15, -0.1) is 0 Å². The maximum absolute atomic E-state index is 13.1. The molecule has 0 radical (unpaired) electrons. The first-order valence-electron chi connectivity index (χ1n) is 16.0. The van der Waals surface area contributed by atoms with E-state index in [0.29, 0.717) is 17.5 Å². The van der Waals surface area contributed by atoms with Crippen LogP contribution in [-0.2, 0) is 4.57 Å². The Labute approximate surface area is 280 Å². The number of hydrogen-bond donors (Lipinski definition) is 0. The van der Waals surface area contributed by atoms with Crippen molar-refractivity contribution in [3.8, 4) is 56.4 Å². The summed E-state index contributed by atoms with van der Waals surface area (Å²) in [5, 5.41) is 5.53. The first-order valence-corrected chi connectivity index (χ1v) is 18.6. The lowest BCUT2D eigenvalue weighted by Gasteiger charge is -2.18. The van der Waals surface area contributed by atoms with Crippen LogP contribution in [-0.4, -0.2) is 28.3 Å². The molecule has 0 atom stereocenters. The Morgan fingerprint density at radius 3 is 1.17 bits per heavy atom.